The van der Waals surface area contributed by atoms with Gasteiger partial charge in [0.2, 0.25) is 5.91 Å². The topological polar surface area (TPSA) is 94.2 Å². The average molecular weight is 402 g/mol. The number of hydrogen-bond donors (Lipinski definition) is 1. The van der Waals surface area contributed by atoms with Crippen molar-refractivity contribution in [2.75, 3.05) is 0 Å². The smallest absolute Gasteiger partial charge is 0.261 e. The van der Waals surface area contributed by atoms with Crippen molar-refractivity contribution in [2.24, 2.45) is 0 Å². The first-order valence-electron chi connectivity index (χ1n) is 10.2. The predicted molar refractivity (Wildman–Crippen MR) is 112 cm³/mol. The third kappa shape index (κ3) is 3.34. The molecule has 30 heavy (non-hydrogen) atoms. The minimum Gasteiger partial charge on any atom is -0.346 e. The van der Waals surface area contributed by atoms with E-state index in [0.717, 1.165) is 18.5 Å². The Hall–Kier alpha value is -3.55. The summed E-state index contributed by atoms with van der Waals surface area (Å²) in [6.07, 6.45) is 4.50. The molecular weight excluding hydrogens is 380 g/mol. The third-order valence-corrected chi connectivity index (χ3v) is 5.47. The van der Waals surface area contributed by atoms with E-state index in [1.807, 2.05) is 60.0 Å². The van der Waals surface area contributed by atoms with Gasteiger partial charge in [-0.05, 0) is 44.0 Å². The molecule has 0 bridgehead atoms. The van der Waals surface area contributed by atoms with Crippen LogP contribution in [0.2, 0.25) is 0 Å². The molecule has 1 aliphatic rings. The average Bonchev–Trinajstić information content (AvgIpc) is 3.49. The number of amides is 1. The Morgan fingerprint density at radius 3 is 2.80 bits per heavy atom. The highest BCUT2D eigenvalue weighted by molar-refractivity contribution is 5.78. The van der Waals surface area contributed by atoms with Gasteiger partial charge in [-0.1, -0.05) is 18.2 Å². The summed E-state index contributed by atoms with van der Waals surface area (Å²) in [4.78, 5) is 30.3. The summed E-state index contributed by atoms with van der Waals surface area (Å²) in [7, 11) is 0. The van der Waals surface area contributed by atoms with Crippen LogP contribution in [0.25, 0.3) is 16.6 Å². The van der Waals surface area contributed by atoms with Gasteiger partial charge in [0.1, 0.15) is 5.82 Å². The number of nitrogens with zero attached hydrogens (tertiary/aromatic N) is 5. The van der Waals surface area contributed by atoms with Crippen molar-refractivity contribution < 1.29 is 4.79 Å². The number of benzene rings is 1. The second-order valence-electron chi connectivity index (χ2n) is 7.73. The number of carbonyl (C=O) groups excluding carboxylic acids is 1. The fourth-order valence-electron chi connectivity index (χ4n) is 3.84. The molecule has 4 aromatic rings. The van der Waals surface area contributed by atoms with Gasteiger partial charge in [-0.3, -0.25) is 18.6 Å². The zero-order valence-electron chi connectivity index (χ0n) is 16.7. The van der Waals surface area contributed by atoms with Crippen LogP contribution in [-0.4, -0.2) is 30.1 Å². The van der Waals surface area contributed by atoms with E-state index in [9.17, 15) is 9.59 Å². The van der Waals surface area contributed by atoms with Gasteiger partial charge in [-0.2, -0.15) is 0 Å². The Morgan fingerprint density at radius 2 is 1.97 bits per heavy atom. The molecule has 1 fully saturated rings. The lowest BCUT2D eigenvalue weighted by Gasteiger charge is -2.14. The van der Waals surface area contributed by atoms with Crippen LogP contribution in [0.4, 0.5) is 0 Å². The van der Waals surface area contributed by atoms with Crippen LogP contribution in [0.3, 0.4) is 0 Å². The lowest BCUT2D eigenvalue weighted by Crippen LogP contribution is -2.30. The summed E-state index contributed by atoms with van der Waals surface area (Å²) in [5.74, 6) is 1.24. The monoisotopic (exact) mass is 402 g/mol. The van der Waals surface area contributed by atoms with Gasteiger partial charge in [-0.15, -0.1) is 10.2 Å². The van der Waals surface area contributed by atoms with Crippen LogP contribution in [0.5, 0.6) is 0 Å². The Balaban J connectivity index is 1.33. The fraction of sp³-hybridized carbons (Fsp3) is 0.318. The van der Waals surface area contributed by atoms with Crippen LogP contribution >= 0.6 is 0 Å². The molecule has 5 rings (SSSR count). The molecule has 1 unspecified atom stereocenters. The molecule has 0 radical (unpaired) electrons. The minimum absolute atomic E-state index is 0.0122. The van der Waals surface area contributed by atoms with Gasteiger partial charge in [0, 0.05) is 25.1 Å². The number of rotatable bonds is 6. The van der Waals surface area contributed by atoms with Crippen molar-refractivity contribution in [3.8, 4) is 0 Å². The maximum atomic E-state index is 12.9. The Bertz CT molecular complexity index is 1300. The number of aromatic nitrogens is 5. The molecule has 1 aromatic carbocycles. The van der Waals surface area contributed by atoms with E-state index in [0.29, 0.717) is 29.0 Å². The maximum absolute atomic E-state index is 12.9. The van der Waals surface area contributed by atoms with Gasteiger partial charge >= 0.3 is 0 Å². The van der Waals surface area contributed by atoms with E-state index in [2.05, 4.69) is 15.5 Å². The van der Waals surface area contributed by atoms with E-state index in [1.165, 1.54) is 0 Å². The van der Waals surface area contributed by atoms with Crippen molar-refractivity contribution in [1.82, 2.24) is 29.5 Å². The molecule has 0 aliphatic heterocycles. The highest BCUT2D eigenvalue weighted by atomic mass is 16.1. The van der Waals surface area contributed by atoms with Crippen molar-refractivity contribution in [1.29, 1.82) is 0 Å². The molecule has 1 N–H and O–H groups in total. The van der Waals surface area contributed by atoms with E-state index < -0.39 is 0 Å². The van der Waals surface area contributed by atoms with Gasteiger partial charge in [0.15, 0.2) is 11.5 Å². The molecule has 8 heteroatoms. The molecular formula is C22H22N6O2. The first-order valence-corrected chi connectivity index (χ1v) is 10.2. The molecule has 3 heterocycles. The number of fused-ring (bicyclic) bond motifs is 2. The molecule has 8 nitrogen and oxygen atoms in total. The lowest BCUT2D eigenvalue weighted by atomic mass is 10.2. The van der Waals surface area contributed by atoms with E-state index in [-0.39, 0.29) is 30.0 Å². The molecule has 1 aliphatic carbocycles. The first kappa shape index (κ1) is 18.5. The van der Waals surface area contributed by atoms with Crippen LogP contribution < -0.4 is 10.9 Å². The second-order valence-corrected chi connectivity index (χ2v) is 7.73. The number of nitrogens with one attached hydrogen (secondary N) is 1. The van der Waals surface area contributed by atoms with Gasteiger partial charge < -0.3 is 5.32 Å². The lowest BCUT2D eigenvalue weighted by molar-refractivity contribution is -0.121. The van der Waals surface area contributed by atoms with Crippen molar-refractivity contribution in [2.45, 2.75) is 44.7 Å². The SMILES string of the molecule is CC(NC(=O)CCc1nc2ccccc2c(=O)n1C1CC1)c1nnc2ccccn12. The van der Waals surface area contributed by atoms with E-state index in [1.54, 1.807) is 4.57 Å². The summed E-state index contributed by atoms with van der Waals surface area (Å²) < 4.78 is 3.64. The molecule has 0 saturated heterocycles. The number of pyridine rings is 1. The molecule has 152 valence electrons. The van der Waals surface area contributed by atoms with E-state index >= 15 is 0 Å². The van der Waals surface area contributed by atoms with Crippen LogP contribution in [0.1, 0.15) is 49.9 Å². The van der Waals surface area contributed by atoms with Crippen LogP contribution in [-0.2, 0) is 11.2 Å². The molecule has 1 amide bonds. The minimum atomic E-state index is -0.287. The summed E-state index contributed by atoms with van der Waals surface area (Å²) in [5.41, 5.74) is 1.40. The van der Waals surface area contributed by atoms with Crippen LogP contribution in [0, 0.1) is 0 Å². The second kappa shape index (κ2) is 7.37. The number of carbonyl (C=O) groups is 1. The highest BCUT2D eigenvalue weighted by Gasteiger charge is 2.28. The summed E-state index contributed by atoms with van der Waals surface area (Å²) >= 11 is 0. The Labute approximate surface area is 172 Å². The molecule has 0 spiro atoms. The zero-order chi connectivity index (χ0) is 20.7. The number of aryl methyl sites for hydroxylation is 1. The van der Waals surface area contributed by atoms with E-state index in [4.69, 9.17) is 4.98 Å². The van der Waals surface area contributed by atoms with Gasteiger partial charge in [0.25, 0.3) is 5.56 Å². The summed E-state index contributed by atoms with van der Waals surface area (Å²) in [5, 5.41) is 11.9. The van der Waals surface area contributed by atoms with Crippen molar-refractivity contribution in [3.05, 3.63) is 70.7 Å². The maximum Gasteiger partial charge on any atom is 0.261 e. The van der Waals surface area contributed by atoms with Crippen molar-refractivity contribution in [3.63, 3.8) is 0 Å². The predicted octanol–water partition coefficient (Wildman–Crippen LogP) is 2.58. The molecule has 1 saturated carbocycles. The quantitative estimate of drug-likeness (QED) is 0.535. The number of para-hydroxylation sites is 1. The van der Waals surface area contributed by atoms with Crippen LogP contribution in [0.15, 0.2) is 53.5 Å². The summed E-state index contributed by atoms with van der Waals surface area (Å²) in [6.45, 7) is 1.88. The third-order valence-electron chi connectivity index (χ3n) is 5.47. The highest BCUT2D eigenvalue weighted by Crippen LogP contribution is 2.34. The zero-order valence-corrected chi connectivity index (χ0v) is 16.7. The normalized spacial score (nSPS) is 14.8. The number of hydrogen-bond acceptors (Lipinski definition) is 5. The largest absolute Gasteiger partial charge is 0.346 e. The Morgan fingerprint density at radius 1 is 1.17 bits per heavy atom. The van der Waals surface area contributed by atoms with Gasteiger partial charge in [-0.25, -0.2) is 4.98 Å². The Kier molecular flexibility index (Phi) is 4.54. The molecule has 1 atom stereocenters. The fourth-order valence-corrected chi connectivity index (χ4v) is 3.84. The molecule has 3 aromatic heterocycles. The standard InChI is InChI=1S/C22H22N6O2/c1-14(21-26-25-19-8-4-5-13-27(19)21)23-20(29)12-11-18-24-17-7-3-2-6-16(17)22(30)28(18)15-9-10-15/h2-8,13-15H,9-12H2,1H3,(H,23,29). The van der Waals surface area contributed by atoms with Crippen molar-refractivity contribution >= 4 is 22.5 Å². The first-order chi connectivity index (χ1) is 14.6. The summed E-state index contributed by atoms with van der Waals surface area (Å²) in [6, 6.07) is 13.0. The van der Waals surface area contributed by atoms with Gasteiger partial charge in [0.05, 0.1) is 16.9 Å².